The topological polar surface area (TPSA) is 64.3 Å². The summed E-state index contributed by atoms with van der Waals surface area (Å²) >= 11 is 2.18. The van der Waals surface area contributed by atoms with Gasteiger partial charge in [0.25, 0.3) is 5.91 Å². The first-order valence-corrected chi connectivity index (χ1v) is 7.31. The standard InChI is InChI=1S/C15H14FIN2O2/c1-9(21-12-5-2-10(17)3-6-12)15(20)19-14-8-11(18)4-7-13(14)16/h2-9H,18H2,1H3,(H,19,20). The zero-order valence-electron chi connectivity index (χ0n) is 11.3. The molecule has 3 N–H and O–H groups in total. The second-order valence-corrected chi connectivity index (χ2v) is 5.69. The average molecular weight is 400 g/mol. The molecule has 1 atom stereocenters. The van der Waals surface area contributed by atoms with Crippen LogP contribution in [0.1, 0.15) is 6.92 Å². The van der Waals surface area contributed by atoms with E-state index in [1.165, 1.54) is 18.2 Å². The van der Waals surface area contributed by atoms with Crippen LogP contribution in [0.2, 0.25) is 0 Å². The van der Waals surface area contributed by atoms with E-state index in [1.54, 1.807) is 19.1 Å². The minimum absolute atomic E-state index is 0.0399. The molecule has 0 aromatic heterocycles. The first-order chi connectivity index (χ1) is 9.95. The molecule has 0 heterocycles. The van der Waals surface area contributed by atoms with Crippen molar-refractivity contribution in [2.24, 2.45) is 0 Å². The highest BCUT2D eigenvalue weighted by Gasteiger charge is 2.16. The van der Waals surface area contributed by atoms with Crippen molar-refractivity contribution < 1.29 is 13.9 Å². The second kappa shape index (κ2) is 6.75. The fourth-order valence-electron chi connectivity index (χ4n) is 1.64. The molecule has 0 fully saturated rings. The van der Waals surface area contributed by atoms with Crippen LogP contribution in [0.3, 0.4) is 0 Å². The van der Waals surface area contributed by atoms with Crippen molar-refractivity contribution in [3.8, 4) is 5.75 Å². The van der Waals surface area contributed by atoms with Gasteiger partial charge in [-0.15, -0.1) is 0 Å². The molecule has 110 valence electrons. The molecule has 2 rings (SSSR count). The molecule has 21 heavy (non-hydrogen) atoms. The van der Waals surface area contributed by atoms with Crippen molar-refractivity contribution >= 4 is 39.9 Å². The number of ether oxygens (including phenoxy) is 1. The molecule has 0 aliphatic heterocycles. The normalized spacial score (nSPS) is 11.8. The molecule has 1 amide bonds. The quantitative estimate of drug-likeness (QED) is 0.611. The molecule has 0 bridgehead atoms. The lowest BCUT2D eigenvalue weighted by Gasteiger charge is -2.15. The molecule has 0 radical (unpaired) electrons. The Morgan fingerprint density at radius 3 is 2.62 bits per heavy atom. The lowest BCUT2D eigenvalue weighted by molar-refractivity contribution is -0.122. The van der Waals surface area contributed by atoms with Crippen LogP contribution < -0.4 is 15.8 Å². The summed E-state index contributed by atoms with van der Waals surface area (Å²) in [7, 11) is 0. The van der Waals surface area contributed by atoms with Gasteiger partial charge in [-0.2, -0.15) is 0 Å². The number of benzene rings is 2. The Hall–Kier alpha value is -1.83. The van der Waals surface area contributed by atoms with Crippen molar-refractivity contribution in [2.75, 3.05) is 11.1 Å². The summed E-state index contributed by atoms with van der Waals surface area (Å²) in [6, 6.07) is 11.3. The number of nitrogens with one attached hydrogen (secondary N) is 1. The maximum atomic E-state index is 13.6. The minimum Gasteiger partial charge on any atom is -0.481 e. The molecule has 0 saturated carbocycles. The lowest BCUT2D eigenvalue weighted by atomic mass is 10.2. The van der Waals surface area contributed by atoms with Gasteiger partial charge < -0.3 is 15.8 Å². The first-order valence-electron chi connectivity index (χ1n) is 6.24. The fourth-order valence-corrected chi connectivity index (χ4v) is 2.00. The van der Waals surface area contributed by atoms with Gasteiger partial charge in [-0.1, -0.05) is 0 Å². The predicted molar refractivity (Wildman–Crippen MR) is 88.7 cm³/mol. The minimum atomic E-state index is -0.758. The van der Waals surface area contributed by atoms with Crippen LogP contribution in [0.15, 0.2) is 42.5 Å². The number of anilines is 2. The number of hydrogen-bond donors (Lipinski definition) is 2. The maximum Gasteiger partial charge on any atom is 0.265 e. The van der Waals surface area contributed by atoms with Crippen LogP contribution >= 0.6 is 22.6 Å². The third-order valence-electron chi connectivity index (χ3n) is 2.74. The average Bonchev–Trinajstić information content (AvgIpc) is 2.45. The summed E-state index contributed by atoms with van der Waals surface area (Å²) in [5.74, 6) is -0.414. The van der Waals surface area contributed by atoms with Gasteiger partial charge in [0.1, 0.15) is 11.6 Å². The Bertz CT molecular complexity index is 647. The smallest absolute Gasteiger partial charge is 0.265 e. The molecule has 0 saturated heterocycles. The van der Waals surface area contributed by atoms with Gasteiger partial charge in [0.15, 0.2) is 6.10 Å². The van der Waals surface area contributed by atoms with Crippen LogP contribution in [0, 0.1) is 9.39 Å². The van der Waals surface area contributed by atoms with E-state index in [0.29, 0.717) is 11.4 Å². The van der Waals surface area contributed by atoms with Crippen molar-refractivity contribution in [2.45, 2.75) is 13.0 Å². The maximum absolute atomic E-state index is 13.6. The van der Waals surface area contributed by atoms with E-state index < -0.39 is 17.8 Å². The summed E-state index contributed by atoms with van der Waals surface area (Å²) in [5, 5.41) is 2.46. The molecule has 2 aromatic carbocycles. The molecule has 0 aliphatic carbocycles. The monoisotopic (exact) mass is 400 g/mol. The first kappa shape index (κ1) is 15.6. The van der Waals surface area contributed by atoms with Gasteiger partial charge in [0.05, 0.1) is 5.69 Å². The van der Waals surface area contributed by atoms with Crippen LogP contribution in [0.5, 0.6) is 5.75 Å². The van der Waals surface area contributed by atoms with E-state index in [1.807, 2.05) is 12.1 Å². The Kier molecular flexibility index (Phi) is 5.00. The summed E-state index contributed by atoms with van der Waals surface area (Å²) < 4.78 is 20.1. The molecular formula is C15H14FIN2O2. The highest BCUT2D eigenvalue weighted by atomic mass is 127. The largest absolute Gasteiger partial charge is 0.481 e. The lowest BCUT2D eigenvalue weighted by Crippen LogP contribution is -2.30. The van der Waals surface area contributed by atoms with E-state index >= 15 is 0 Å². The summed E-state index contributed by atoms with van der Waals surface area (Å²) in [5.41, 5.74) is 5.98. The van der Waals surface area contributed by atoms with Gasteiger partial charge in [0, 0.05) is 9.26 Å². The number of amides is 1. The van der Waals surface area contributed by atoms with Crippen molar-refractivity contribution in [1.82, 2.24) is 0 Å². The SMILES string of the molecule is CC(Oc1ccc(I)cc1)C(=O)Nc1cc(N)ccc1F. The summed E-state index contributed by atoms with van der Waals surface area (Å²) in [6.07, 6.45) is -0.758. The molecule has 4 nitrogen and oxygen atoms in total. The second-order valence-electron chi connectivity index (χ2n) is 4.44. The summed E-state index contributed by atoms with van der Waals surface area (Å²) in [6.45, 7) is 1.59. The van der Waals surface area contributed by atoms with Gasteiger partial charge in [0.2, 0.25) is 0 Å². The number of nitrogens with two attached hydrogens (primary N) is 1. The number of carbonyl (C=O) groups excluding carboxylic acids is 1. The Morgan fingerprint density at radius 2 is 1.95 bits per heavy atom. The van der Waals surface area contributed by atoms with Crippen LogP contribution in [-0.4, -0.2) is 12.0 Å². The third kappa shape index (κ3) is 4.32. The highest BCUT2D eigenvalue weighted by molar-refractivity contribution is 14.1. The zero-order valence-corrected chi connectivity index (χ0v) is 13.4. The molecule has 0 aliphatic rings. The van der Waals surface area contributed by atoms with E-state index in [4.69, 9.17) is 10.5 Å². The van der Waals surface area contributed by atoms with E-state index in [-0.39, 0.29) is 5.69 Å². The number of carbonyl (C=O) groups is 1. The molecule has 6 heteroatoms. The number of halogens is 2. The Balaban J connectivity index is 2.02. The fraction of sp³-hybridized carbons (Fsp3) is 0.133. The molecular weight excluding hydrogens is 386 g/mol. The number of nitrogen functional groups attached to an aromatic ring is 1. The molecule has 1 unspecified atom stereocenters. The molecule has 2 aromatic rings. The highest BCUT2D eigenvalue weighted by Crippen LogP contribution is 2.19. The summed E-state index contributed by atoms with van der Waals surface area (Å²) in [4.78, 5) is 12.0. The van der Waals surface area contributed by atoms with E-state index in [0.717, 1.165) is 3.57 Å². The van der Waals surface area contributed by atoms with Crippen LogP contribution in [0.4, 0.5) is 15.8 Å². The van der Waals surface area contributed by atoms with Crippen LogP contribution in [-0.2, 0) is 4.79 Å². The predicted octanol–water partition coefficient (Wildman–Crippen LogP) is 3.42. The van der Waals surface area contributed by atoms with E-state index in [2.05, 4.69) is 27.9 Å². The van der Waals surface area contributed by atoms with Crippen molar-refractivity contribution in [1.29, 1.82) is 0 Å². The van der Waals surface area contributed by atoms with Gasteiger partial charge >= 0.3 is 0 Å². The zero-order chi connectivity index (χ0) is 15.4. The van der Waals surface area contributed by atoms with Crippen LogP contribution in [0.25, 0.3) is 0 Å². The van der Waals surface area contributed by atoms with Crippen molar-refractivity contribution in [3.63, 3.8) is 0 Å². The van der Waals surface area contributed by atoms with Gasteiger partial charge in [-0.3, -0.25) is 4.79 Å². The number of hydrogen-bond acceptors (Lipinski definition) is 3. The third-order valence-corrected chi connectivity index (χ3v) is 3.46. The van der Waals surface area contributed by atoms with E-state index in [9.17, 15) is 9.18 Å². The van der Waals surface area contributed by atoms with Gasteiger partial charge in [-0.25, -0.2) is 4.39 Å². The Morgan fingerprint density at radius 1 is 1.29 bits per heavy atom. The Labute approximate surface area is 135 Å². The molecule has 0 spiro atoms. The number of rotatable bonds is 4. The van der Waals surface area contributed by atoms with Crippen molar-refractivity contribution in [3.05, 3.63) is 51.9 Å². The van der Waals surface area contributed by atoms with Gasteiger partial charge in [-0.05, 0) is 72.0 Å².